The van der Waals surface area contributed by atoms with Gasteiger partial charge < -0.3 is 5.73 Å². The number of amidine groups is 1. The highest BCUT2D eigenvalue weighted by Gasteiger charge is 2.37. The molecule has 0 radical (unpaired) electrons. The fourth-order valence-electron chi connectivity index (χ4n) is 3.01. The molecule has 0 saturated heterocycles. The summed E-state index contributed by atoms with van der Waals surface area (Å²) in [6.07, 6.45) is 12.7. The van der Waals surface area contributed by atoms with Gasteiger partial charge in [-0.25, -0.2) is 4.79 Å². The molecule has 1 heterocycles. The van der Waals surface area contributed by atoms with E-state index in [9.17, 15) is 4.79 Å². The molecule has 2 rings (SSSR count). The summed E-state index contributed by atoms with van der Waals surface area (Å²) < 4.78 is 0. The lowest BCUT2D eigenvalue weighted by Gasteiger charge is -2.31. The number of rotatable bonds is 3. The van der Waals surface area contributed by atoms with Gasteiger partial charge in [0.15, 0.2) is 0 Å². The van der Waals surface area contributed by atoms with Gasteiger partial charge in [0.2, 0.25) is 0 Å². The lowest BCUT2D eigenvalue weighted by Crippen LogP contribution is -2.46. The summed E-state index contributed by atoms with van der Waals surface area (Å²) >= 11 is 0. The lowest BCUT2D eigenvalue weighted by atomic mass is 9.84. The van der Waals surface area contributed by atoms with E-state index in [2.05, 4.69) is 10.9 Å². The first-order chi connectivity index (χ1) is 8.63. The van der Waals surface area contributed by atoms with E-state index in [0.29, 0.717) is 11.8 Å². The number of nitrogens with zero attached hydrogens (tertiary/aromatic N) is 2. The Kier molecular flexibility index (Phi) is 3.90. The lowest BCUT2D eigenvalue weighted by molar-refractivity contribution is 0.184. The number of nitrogens with two attached hydrogens (primary N) is 1. The number of carbonyl (C=O) groups excluding carboxylic acids is 1. The number of carbonyl (C=O) groups is 1. The Hall–Kier alpha value is -1.50. The van der Waals surface area contributed by atoms with Gasteiger partial charge in [-0.05, 0) is 19.3 Å². The molecule has 18 heavy (non-hydrogen) atoms. The molecular formula is C14H21N3O. The summed E-state index contributed by atoms with van der Waals surface area (Å²) in [7, 11) is 0. The molecule has 2 amide bonds. The molecule has 1 saturated carbocycles. The molecule has 1 aliphatic heterocycles. The SMILES string of the molecule is C#CC(C)N1C(=O)N=C(N)C1CC1CCCCC1. The number of aliphatic imine (C=N–C) groups is 1. The van der Waals surface area contributed by atoms with Crippen molar-refractivity contribution in [2.45, 2.75) is 57.5 Å². The zero-order valence-corrected chi connectivity index (χ0v) is 10.9. The van der Waals surface area contributed by atoms with Gasteiger partial charge in [0.05, 0.1) is 12.1 Å². The van der Waals surface area contributed by atoms with E-state index < -0.39 is 0 Å². The quantitative estimate of drug-likeness (QED) is 0.777. The summed E-state index contributed by atoms with van der Waals surface area (Å²) in [6.45, 7) is 1.85. The second kappa shape index (κ2) is 5.43. The number of hydrogen-bond acceptors (Lipinski definition) is 2. The molecule has 0 bridgehead atoms. The first kappa shape index (κ1) is 12.9. The summed E-state index contributed by atoms with van der Waals surface area (Å²) in [4.78, 5) is 17.3. The van der Waals surface area contributed by atoms with Crippen molar-refractivity contribution >= 4 is 11.9 Å². The molecular weight excluding hydrogens is 226 g/mol. The van der Waals surface area contributed by atoms with E-state index >= 15 is 0 Å². The van der Waals surface area contributed by atoms with Crippen molar-refractivity contribution in [2.75, 3.05) is 0 Å². The van der Waals surface area contributed by atoms with Crippen LogP contribution in [0.2, 0.25) is 0 Å². The van der Waals surface area contributed by atoms with Crippen LogP contribution in [0.3, 0.4) is 0 Å². The van der Waals surface area contributed by atoms with Crippen molar-refractivity contribution in [3.8, 4) is 12.3 Å². The zero-order chi connectivity index (χ0) is 13.1. The molecule has 2 atom stereocenters. The average Bonchev–Trinajstić information content (AvgIpc) is 2.65. The Morgan fingerprint density at radius 2 is 2.17 bits per heavy atom. The van der Waals surface area contributed by atoms with E-state index in [-0.39, 0.29) is 18.1 Å². The highest BCUT2D eigenvalue weighted by molar-refractivity contribution is 6.03. The molecule has 1 aliphatic carbocycles. The molecule has 0 spiro atoms. The van der Waals surface area contributed by atoms with E-state index in [4.69, 9.17) is 12.2 Å². The van der Waals surface area contributed by atoms with Crippen LogP contribution in [0, 0.1) is 18.3 Å². The van der Waals surface area contributed by atoms with Gasteiger partial charge in [0.1, 0.15) is 5.84 Å². The molecule has 0 aromatic carbocycles. The topological polar surface area (TPSA) is 58.7 Å². The minimum absolute atomic E-state index is 0.0911. The second-order valence-corrected chi connectivity index (χ2v) is 5.32. The van der Waals surface area contributed by atoms with Crippen molar-refractivity contribution < 1.29 is 4.79 Å². The van der Waals surface area contributed by atoms with Gasteiger partial charge in [0.25, 0.3) is 0 Å². The maximum Gasteiger partial charge on any atom is 0.346 e. The van der Waals surface area contributed by atoms with Crippen LogP contribution in [-0.4, -0.2) is 28.9 Å². The van der Waals surface area contributed by atoms with Crippen LogP contribution in [0.1, 0.15) is 45.4 Å². The van der Waals surface area contributed by atoms with Gasteiger partial charge in [-0.15, -0.1) is 6.42 Å². The number of hydrogen-bond donors (Lipinski definition) is 1. The first-order valence-electron chi connectivity index (χ1n) is 6.76. The Labute approximate surface area is 109 Å². The molecule has 4 heteroatoms. The molecule has 98 valence electrons. The Balaban J connectivity index is 2.06. The molecule has 0 aromatic rings. The summed E-state index contributed by atoms with van der Waals surface area (Å²) in [5, 5.41) is 0. The van der Waals surface area contributed by atoms with Gasteiger partial charge in [-0.2, -0.15) is 4.99 Å². The molecule has 4 nitrogen and oxygen atoms in total. The highest BCUT2D eigenvalue weighted by atomic mass is 16.2. The van der Waals surface area contributed by atoms with Gasteiger partial charge in [-0.3, -0.25) is 4.90 Å². The smallest absolute Gasteiger partial charge is 0.346 e. The van der Waals surface area contributed by atoms with Crippen molar-refractivity contribution in [3.05, 3.63) is 0 Å². The van der Waals surface area contributed by atoms with E-state index in [1.54, 1.807) is 4.90 Å². The third kappa shape index (κ3) is 2.50. The van der Waals surface area contributed by atoms with Crippen molar-refractivity contribution in [2.24, 2.45) is 16.6 Å². The minimum atomic E-state index is -0.279. The predicted molar refractivity (Wildman–Crippen MR) is 72.1 cm³/mol. The van der Waals surface area contributed by atoms with Crippen LogP contribution in [-0.2, 0) is 0 Å². The molecule has 1 fully saturated rings. The maximum absolute atomic E-state index is 11.8. The van der Waals surface area contributed by atoms with Crippen LogP contribution in [0.4, 0.5) is 4.79 Å². The number of amides is 2. The van der Waals surface area contributed by atoms with Gasteiger partial charge in [0, 0.05) is 0 Å². The normalized spacial score (nSPS) is 26.9. The second-order valence-electron chi connectivity index (χ2n) is 5.32. The monoisotopic (exact) mass is 247 g/mol. The van der Waals surface area contributed by atoms with Crippen LogP contribution in [0.25, 0.3) is 0 Å². The molecule has 2 aliphatic rings. The third-order valence-electron chi connectivity index (χ3n) is 4.06. The molecule has 0 aromatic heterocycles. The van der Waals surface area contributed by atoms with Crippen LogP contribution >= 0.6 is 0 Å². The van der Waals surface area contributed by atoms with E-state index in [0.717, 1.165) is 6.42 Å². The van der Waals surface area contributed by atoms with Crippen LogP contribution < -0.4 is 5.73 Å². The summed E-state index contributed by atoms with van der Waals surface area (Å²) in [5.74, 6) is 3.69. The zero-order valence-electron chi connectivity index (χ0n) is 10.9. The summed E-state index contributed by atoms with van der Waals surface area (Å²) in [6, 6.07) is -0.610. The van der Waals surface area contributed by atoms with E-state index in [1.165, 1.54) is 32.1 Å². The van der Waals surface area contributed by atoms with Crippen molar-refractivity contribution in [1.29, 1.82) is 0 Å². The maximum atomic E-state index is 11.8. The van der Waals surface area contributed by atoms with Crippen molar-refractivity contribution in [1.82, 2.24) is 4.90 Å². The molecule has 2 N–H and O–H groups in total. The van der Waals surface area contributed by atoms with Gasteiger partial charge in [-0.1, -0.05) is 38.0 Å². The van der Waals surface area contributed by atoms with Crippen LogP contribution in [0.5, 0.6) is 0 Å². The Bertz CT molecular complexity index is 390. The molecule has 2 unspecified atom stereocenters. The fourth-order valence-corrected chi connectivity index (χ4v) is 3.01. The third-order valence-corrected chi connectivity index (χ3v) is 4.06. The standard InChI is InChI=1S/C14H21N3O/c1-3-10(2)17-12(13(15)16-14(17)18)9-11-7-5-4-6-8-11/h1,10-12H,4-9H2,2H3,(H2,15,16,18). The predicted octanol–water partition coefficient (Wildman–Crippen LogP) is 2.14. The highest BCUT2D eigenvalue weighted by Crippen LogP contribution is 2.30. The largest absolute Gasteiger partial charge is 0.385 e. The van der Waals surface area contributed by atoms with E-state index in [1.807, 2.05) is 6.92 Å². The first-order valence-corrected chi connectivity index (χ1v) is 6.76. The summed E-state index contributed by atoms with van der Waals surface area (Å²) in [5.41, 5.74) is 5.89. The number of terminal acetylenes is 1. The number of urea groups is 1. The van der Waals surface area contributed by atoms with Crippen LogP contribution in [0.15, 0.2) is 4.99 Å². The fraction of sp³-hybridized carbons (Fsp3) is 0.714. The van der Waals surface area contributed by atoms with Gasteiger partial charge >= 0.3 is 6.03 Å². The Morgan fingerprint density at radius 3 is 2.78 bits per heavy atom. The Morgan fingerprint density at radius 1 is 1.50 bits per heavy atom. The average molecular weight is 247 g/mol. The van der Waals surface area contributed by atoms with Crippen molar-refractivity contribution in [3.63, 3.8) is 0 Å². The minimum Gasteiger partial charge on any atom is -0.385 e.